The van der Waals surface area contributed by atoms with Gasteiger partial charge in [0.15, 0.2) is 6.61 Å². The minimum absolute atomic E-state index is 0.0591. The SMILES string of the molecule is O=C(CCN1C(=O)[C@@H]2[C@H]3C[C@H]([C@H](Br)[C@@H]3Br)[C@@H]2C1=O)OCC(=O)c1cccc([N+](=O)[O-])c1. The number of hydrogen-bond acceptors (Lipinski definition) is 7. The lowest BCUT2D eigenvalue weighted by Gasteiger charge is -2.28. The second-order valence-electron chi connectivity index (χ2n) is 7.97. The normalized spacial score (nSPS) is 31.1. The van der Waals surface area contributed by atoms with Crippen LogP contribution in [-0.2, 0) is 19.1 Å². The minimum atomic E-state index is -0.726. The van der Waals surface area contributed by atoms with Crippen LogP contribution >= 0.6 is 31.9 Å². The number of ketones is 1. The van der Waals surface area contributed by atoms with E-state index in [4.69, 9.17) is 4.74 Å². The van der Waals surface area contributed by atoms with Crippen molar-refractivity contribution in [3.8, 4) is 0 Å². The lowest BCUT2D eigenvalue weighted by molar-refractivity contribution is -0.384. The number of alkyl halides is 2. The average molecular weight is 558 g/mol. The maximum atomic E-state index is 12.8. The van der Waals surface area contributed by atoms with Crippen LogP contribution < -0.4 is 0 Å². The first-order valence-electron chi connectivity index (χ1n) is 9.77. The summed E-state index contributed by atoms with van der Waals surface area (Å²) in [6.07, 6.45) is 0.609. The zero-order valence-corrected chi connectivity index (χ0v) is 19.3. The Hall–Kier alpha value is -2.14. The lowest BCUT2D eigenvalue weighted by atomic mass is 9.81. The molecule has 1 aromatic rings. The first-order valence-corrected chi connectivity index (χ1v) is 11.6. The Labute approximate surface area is 193 Å². The third kappa shape index (κ3) is 3.82. The molecule has 2 bridgehead atoms. The van der Waals surface area contributed by atoms with Crippen molar-refractivity contribution < 1.29 is 28.8 Å². The largest absolute Gasteiger partial charge is 0.457 e. The van der Waals surface area contributed by atoms with Crippen molar-refractivity contribution in [1.82, 2.24) is 4.90 Å². The number of halogens is 2. The fourth-order valence-corrected chi connectivity index (χ4v) is 6.80. The number of nitrogens with zero attached hydrogens (tertiary/aromatic N) is 2. The van der Waals surface area contributed by atoms with Crippen LogP contribution in [0.25, 0.3) is 0 Å². The number of nitro groups is 1. The zero-order chi connectivity index (χ0) is 22.4. The van der Waals surface area contributed by atoms with Gasteiger partial charge in [0.05, 0.1) is 23.2 Å². The van der Waals surface area contributed by atoms with Crippen LogP contribution in [0.4, 0.5) is 5.69 Å². The van der Waals surface area contributed by atoms with E-state index >= 15 is 0 Å². The van der Waals surface area contributed by atoms with Gasteiger partial charge >= 0.3 is 5.97 Å². The van der Waals surface area contributed by atoms with Gasteiger partial charge in [-0.1, -0.05) is 44.0 Å². The number of esters is 1. The van der Waals surface area contributed by atoms with Gasteiger partial charge in [-0.3, -0.25) is 34.2 Å². The quantitative estimate of drug-likeness (QED) is 0.126. The lowest BCUT2D eigenvalue weighted by Crippen LogP contribution is -2.37. The molecule has 2 aliphatic carbocycles. The van der Waals surface area contributed by atoms with Crippen molar-refractivity contribution in [3.63, 3.8) is 0 Å². The molecular weight excluding hydrogens is 540 g/mol. The van der Waals surface area contributed by atoms with Gasteiger partial charge in [0.2, 0.25) is 17.6 Å². The molecule has 0 aromatic heterocycles. The number of carbonyl (C=O) groups is 4. The first-order chi connectivity index (χ1) is 14.7. The number of fused-ring (bicyclic) bond motifs is 5. The molecule has 164 valence electrons. The van der Waals surface area contributed by atoms with Gasteiger partial charge in [-0.25, -0.2) is 0 Å². The number of benzene rings is 1. The molecular formula is C20H18Br2N2O7. The number of nitro benzene ring substituents is 1. The summed E-state index contributed by atoms with van der Waals surface area (Å²) in [6, 6.07) is 5.13. The second kappa shape index (κ2) is 8.42. The monoisotopic (exact) mass is 556 g/mol. The molecule has 0 radical (unpaired) electrons. The van der Waals surface area contributed by atoms with Gasteiger partial charge in [0.25, 0.3) is 5.69 Å². The van der Waals surface area contributed by atoms with Crippen LogP contribution in [0.1, 0.15) is 23.2 Å². The van der Waals surface area contributed by atoms with Gasteiger partial charge < -0.3 is 4.74 Å². The molecule has 3 fully saturated rings. The third-order valence-corrected chi connectivity index (χ3v) is 9.57. The Morgan fingerprint density at radius 2 is 1.74 bits per heavy atom. The zero-order valence-electron chi connectivity index (χ0n) is 16.1. The minimum Gasteiger partial charge on any atom is -0.457 e. The Bertz CT molecular complexity index is 952. The fourth-order valence-electron chi connectivity index (χ4n) is 4.93. The van der Waals surface area contributed by atoms with Gasteiger partial charge in [-0.15, -0.1) is 0 Å². The molecule has 1 aromatic carbocycles. The molecule has 0 N–H and O–H groups in total. The fraction of sp³-hybridized carbons (Fsp3) is 0.500. The predicted octanol–water partition coefficient (Wildman–Crippen LogP) is 2.49. The van der Waals surface area contributed by atoms with Gasteiger partial charge in [0, 0.05) is 33.9 Å². The Morgan fingerprint density at radius 1 is 1.13 bits per heavy atom. The number of rotatable bonds is 7. The van der Waals surface area contributed by atoms with E-state index < -0.39 is 23.3 Å². The van der Waals surface area contributed by atoms with E-state index in [1.165, 1.54) is 18.2 Å². The molecule has 2 saturated carbocycles. The summed E-state index contributed by atoms with van der Waals surface area (Å²) >= 11 is 7.24. The number of Topliss-reactive ketones (excluding diaryl/α,β-unsaturated/α-hetero) is 1. The van der Waals surface area contributed by atoms with E-state index in [9.17, 15) is 29.3 Å². The van der Waals surface area contributed by atoms with Crippen LogP contribution in [0, 0.1) is 33.8 Å². The molecule has 11 heteroatoms. The van der Waals surface area contributed by atoms with Crippen molar-refractivity contribution in [3.05, 3.63) is 39.9 Å². The number of carbonyl (C=O) groups excluding carboxylic acids is 4. The number of amides is 2. The van der Waals surface area contributed by atoms with Crippen molar-refractivity contribution in [1.29, 1.82) is 0 Å². The van der Waals surface area contributed by atoms with Crippen molar-refractivity contribution >= 4 is 61.1 Å². The summed E-state index contributed by atoms with van der Waals surface area (Å²) < 4.78 is 4.95. The van der Waals surface area contributed by atoms with E-state index in [2.05, 4.69) is 31.9 Å². The highest BCUT2D eigenvalue weighted by atomic mass is 79.9. The first kappa shape index (κ1) is 22.1. The van der Waals surface area contributed by atoms with Crippen molar-refractivity contribution in [2.24, 2.45) is 23.7 Å². The topological polar surface area (TPSA) is 124 Å². The highest BCUT2D eigenvalue weighted by molar-refractivity contribution is 9.12. The van der Waals surface area contributed by atoms with Crippen LogP contribution in [0.2, 0.25) is 0 Å². The molecule has 4 rings (SSSR count). The Kier molecular flexibility index (Phi) is 5.99. The van der Waals surface area contributed by atoms with Crippen LogP contribution in [0.15, 0.2) is 24.3 Å². The highest BCUT2D eigenvalue weighted by Gasteiger charge is 2.66. The molecule has 1 saturated heterocycles. The molecule has 0 spiro atoms. The highest BCUT2D eigenvalue weighted by Crippen LogP contribution is 2.60. The number of ether oxygens (including phenoxy) is 1. The summed E-state index contributed by atoms with van der Waals surface area (Å²) in [5, 5.41) is 10.8. The number of hydrogen-bond donors (Lipinski definition) is 0. The molecule has 9 nitrogen and oxygen atoms in total. The van der Waals surface area contributed by atoms with E-state index in [0.29, 0.717) is 0 Å². The van der Waals surface area contributed by atoms with Crippen LogP contribution in [0.3, 0.4) is 0 Å². The van der Waals surface area contributed by atoms with E-state index in [1.54, 1.807) is 0 Å². The van der Waals surface area contributed by atoms with Crippen molar-refractivity contribution in [2.45, 2.75) is 22.5 Å². The summed E-state index contributed by atoms with van der Waals surface area (Å²) in [5.41, 5.74) is -0.178. The van der Waals surface area contributed by atoms with E-state index in [1.807, 2.05) is 0 Å². The maximum Gasteiger partial charge on any atom is 0.308 e. The molecule has 1 heterocycles. The number of likely N-dealkylation sites (tertiary alicyclic amines) is 1. The van der Waals surface area contributed by atoms with Crippen LogP contribution in [0.5, 0.6) is 0 Å². The van der Waals surface area contributed by atoms with E-state index in [0.717, 1.165) is 17.4 Å². The molecule has 1 aliphatic heterocycles. The third-order valence-electron chi connectivity index (χ3n) is 6.36. The average Bonchev–Trinajstić information content (AvgIpc) is 3.35. The van der Waals surface area contributed by atoms with Gasteiger partial charge in [0.1, 0.15) is 0 Å². The number of imide groups is 1. The summed E-state index contributed by atoms with van der Waals surface area (Å²) in [4.78, 5) is 61.4. The van der Waals surface area contributed by atoms with Gasteiger partial charge in [-0.2, -0.15) is 0 Å². The predicted molar refractivity (Wildman–Crippen MR) is 114 cm³/mol. The van der Waals surface area contributed by atoms with Gasteiger partial charge in [-0.05, 0) is 18.3 Å². The van der Waals surface area contributed by atoms with Crippen molar-refractivity contribution in [2.75, 3.05) is 13.2 Å². The molecule has 31 heavy (non-hydrogen) atoms. The Morgan fingerprint density at radius 3 is 2.32 bits per heavy atom. The summed E-state index contributed by atoms with van der Waals surface area (Å²) in [6.45, 7) is -0.665. The summed E-state index contributed by atoms with van der Waals surface area (Å²) in [5.74, 6) is -2.29. The molecule has 3 aliphatic rings. The standard InChI is InChI=1S/C20H18Br2N2O7/c21-17-11-7-12(18(17)22)16-15(11)19(27)23(20(16)28)5-4-14(26)31-8-13(25)9-2-1-3-10(6-9)24(29)30/h1-3,6,11-12,15-18H,4-5,7-8H2/t11-,12+,15-,16+,17-,18+. The Balaban J connectivity index is 1.30. The van der Waals surface area contributed by atoms with E-state index in [-0.39, 0.29) is 69.4 Å². The molecule has 6 atom stereocenters. The molecule has 2 amide bonds. The summed E-state index contributed by atoms with van der Waals surface area (Å²) in [7, 11) is 0. The van der Waals surface area contributed by atoms with Crippen LogP contribution in [-0.4, -0.2) is 56.2 Å². The smallest absolute Gasteiger partial charge is 0.308 e. The molecule has 0 unspecified atom stereocenters. The second-order valence-corrected chi connectivity index (χ2v) is 10.1. The number of non-ortho nitro benzene ring substituents is 1. The maximum absolute atomic E-state index is 12.8.